The van der Waals surface area contributed by atoms with E-state index in [-0.39, 0.29) is 5.54 Å². The fourth-order valence-electron chi connectivity index (χ4n) is 1.57. The largest absolute Gasteiger partial charge is 0.397 e. The molecular formula is C12H14IN3S. The summed E-state index contributed by atoms with van der Waals surface area (Å²) in [6, 6.07) is 6.00. The van der Waals surface area contributed by atoms with Gasteiger partial charge in [0, 0.05) is 15.1 Å². The van der Waals surface area contributed by atoms with E-state index < -0.39 is 0 Å². The number of aromatic nitrogens is 1. The van der Waals surface area contributed by atoms with Gasteiger partial charge in [-0.15, -0.1) is 11.3 Å². The predicted octanol–water partition coefficient (Wildman–Crippen LogP) is 3.68. The van der Waals surface area contributed by atoms with E-state index in [9.17, 15) is 0 Å². The zero-order chi connectivity index (χ0) is 12.5. The van der Waals surface area contributed by atoms with Gasteiger partial charge >= 0.3 is 0 Å². The molecule has 1 aromatic carbocycles. The van der Waals surface area contributed by atoms with Crippen molar-refractivity contribution in [2.45, 2.75) is 19.4 Å². The van der Waals surface area contributed by atoms with Gasteiger partial charge in [-0.1, -0.05) is 0 Å². The molecule has 0 atom stereocenters. The van der Waals surface area contributed by atoms with Gasteiger partial charge in [-0.05, 0) is 54.6 Å². The lowest BCUT2D eigenvalue weighted by molar-refractivity contribution is 0.605. The molecule has 3 N–H and O–H groups in total. The maximum atomic E-state index is 6.00. The minimum atomic E-state index is -0.213. The molecule has 0 aliphatic carbocycles. The second-order valence-electron chi connectivity index (χ2n) is 4.32. The van der Waals surface area contributed by atoms with Gasteiger partial charge in [0.05, 0.1) is 16.9 Å². The summed E-state index contributed by atoms with van der Waals surface area (Å²) in [6.07, 6.45) is 1.82. The topological polar surface area (TPSA) is 50.9 Å². The maximum absolute atomic E-state index is 6.00. The van der Waals surface area contributed by atoms with Crippen molar-refractivity contribution in [1.29, 1.82) is 0 Å². The number of hydrogen-bond donors (Lipinski definition) is 2. The minimum absolute atomic E-state index is 0.213. The molecule has 0 saturated heterocycles. The molecule has 1 aromatic heterocycles. The van der Waals surface area contributed by atoms with E-state index in [0.29, 0.717) is 0 Å². The third kappa shape index (κ3) is 2.90. The lowest BCUT2D eigenvalue weighted by Gasteiger charge is -2.26. The molecule has 0 fully saturated rings. The Morgan fingerprint density at radius 3 is 2.76 bits per heavy atom. The molecule has 0 aliphatic rings. The van der Waals surface area contributed by atoms with E-state index in [1.807, 2.05) is 29.8 Å². The Kier molecular flexibility index (Phi) is 3.58. The summed E-state index contributed by atoms with van der Waals surface area (Å²) in [5, 5.41) is 6.47. The number of benzene rings is 1. The van der Waals surface area contributed by atoms with Crippen LogP contribution in [0.3, 0.4) is 0 Å². The van der Waals surface area contributed by atoms with Gasteiger partial charge in [-0.3, -0.25) is 0 Å². The Morgan fingerprint density at radius 2 is 2.18 bits per heavy atom. The third-order valence-corrected chi connectivity index (χ3v) is 4.20. The summed E-state index contributed by atoms with van der Waals surface area (Å²) in [7, 11) is 0. The number of hydrogen-bond acceptors (Lipinski definition) is 4. The summed E-state index contributed by atoms with van der Waals surface area (Å²) < 4.78 is 1.14. The number of thiazole rings is 1. The molecule has 0 aliphatic heterocycles. The van der Waals surface area contributed by atoms with Crippen molar-refractivity contribution in [2.24, 2.45) is 0 Å². The lowest BCUT2D eigenvalue weighted by atomic mass is 10.1. The third-order valence-electron chi connectivity index (χ3n) is 2.43. The van der Waals surface area contributed by atoms with Crippen molar-refractivity contribution in [3.05, 3.63) is 38.4 Å². The number of nitrogens with two attached hydrogens (primary N) is 1. The van der Waals surface area contributed by atoms with Crippen LogP contribution in [0.4, 0.5) is 11.4 Å². The molecule has 3 nitrogen and oxygen atoms in total. The number of anilines is 2. The van der Waals surface area contributed by atoms with Crippen LogP contribution >= 0.6 is 33.9 Å². The molecule has 2 aromatic rings. The van der Waals surface area contributed by atoms with Gasteiger partial charge in [0.2, 0.25) is 0 Å². The number of nitrogens with zero attached hydrogens (tertiary/aromatic N) is 1. The molecule has 0 bridgehead atoms. The zero-order valence-corrected chi connectivity index (χ0v) is 12.7. The highest BCUT2D eigenvalue weighted by Gasteiger charge is 2.23. The summed E-state index contributed by atoms with van der Waals surface area (Å²) in [5.74, 6) is 0. The molecule has 17 heavy (non-hydrogen) atoms. The minimum Gasteiger partial charge on any atom is -0.397 e. The first-order valence-electron chi connectivity index (χ1n) is 5.22. The quantitative estimate of drug-likeness (QED) is 0.649. The average molecular weight is 359 g/mol. The standard InChI is InChI=1S/C12H14IN3S/c1-12(2,11-15-5-6-17-11)16-10-4-3-8(13)7-9(10)14/h3-7,16H,14H2,1-2H3. The highest BCUT2D eigenvalue weighted by Crippen LogP contribution is 2.30. The van der Waals surface area contributed by atoms with Crippen LogP contribution in [0.5, 0.6) is 0 Å². The fraction of sp³-hybridized carbons (Fsp3) is 0.250. The highest BCUT2D eigenvalue weighted by molar-refractivity contribution is 14.1. The van der Waals surface area contributed by atoms with E-state index >= 15 is 0 Å². The van der Waals surface area contributed by atoms with Gasteiger partial charge in [0.15, 0.2) is 0 Å². The molecule has 2 rings (SSSR count). The lowest BCUT2D eigenvalue weighted by Crippen LogP contribution is -2.28. The number of nitrogens with one attached hydrogen (secondary N) is 1. The number of halogens is 1. The highest BCUT2D eigenvalue weighted by atomic mass is 127. The van der Waals surface area contributed by atoms with Crippen LogP contribution in [-0.4, -0.2) is 4.98 Å². The molecule has 5 heteroatoms. The molecule has 0 amide bonds. The first-order valence-corrected chi connectivity index (χ1v) is 7.18. The van der Waals surface area contributed by atoms with Crippen molar-refractivity contribution in [3.8, 4) is 0 Å². The molecule has 0 unspecified atom stereocenters. The van der Waals surface area contributed by atoms with Crippen LogP contribution in [0.25, 0.3) is 0 Å². The Balaban J connectivity index is 2.26. The second kappa shape index (κ2) is 4.81. The van der Waals surface area contributed by atoms with Crippen LogP contribution in [-0.2, 0) is 5.54 Å². The predicted molar refractivity (Wildman–Crippen MR) is 82.3 cm³/mol. The van der Waals surface area contributed by atoms with E-state index in [1.54, 1.807) is 11.3 Å². The van der Waals surface area contributed by atoms with Gasteiger partial charge in [0.1, 0.15) is 5.01 Å². The van der Waals surface area contributed by atoms with Crippen molar-refractivity contribution in [2.75, 3.05) is 11.1 Å². The number of rotatable bonds is 3. The molecule has 1 heterocycles. The Labute approximate surface area is 119 Å². The Hall–Kier alpha value is -0.820. The van der Waals surface area contributed by atoms with E-state index in [4.69, 9.17) is 5.73 Å². The van der Waals surface area contributed by atoms with Crippen LogP contribution in [0.1, 0.15) is 18.9 Å². The van der Waals surface area contributed by atoms with Crippen molar-refractivity contribution in [3.63, 3.8) is 0 Å². The van der Waals surface area contributed by atoms with Crippen LogP contribution in [0, 0.1) is 3.57 Å². The summed E-state index contributed by atoms with van der Waals surface area (Å²) in [4.78, 5) is 4.35. The van der Waals surface area contributed by atoms with Gasteiger partial charge in [-0.2, -0.15) is 0 Å². The average Bonchev–Trinajstić information content (AvgIpc) is 2.76. The summed E-state index contributed by atoms with van der Waals surface area (Å²) in [5.41, 5.74) is 7.50. The monoisotopic (exact) mass is 359 g/mol. The summed E-state index contributed by atoms with van der Waals surface area (Å²) in [6.45, 7) is 4.20. The van der Waals surface area contributed by atoms with Gasteiger partial charge in [0.25, 0.3) is 0 Å². The molecule has 90 valence electrons. The van der Waals surface area contributed by atoms with Gasteiger partial charge in [-0.25, -0.2) is 4.98 Å². The van der Waals surface area contributed by atoms with E-state index in [2.05, 4.69) is 46.7 Å². The van der Waals surface area contributed by atoms with E-state index in [0.717, 1.165) is 20.0 Å². The smallest absolute Gasteiger partial charge is 0.117 e. The van der Waals surface area contributed by atoms with Gasteiger partial charge < -0.3 is 11.1 Å². The molecule has 0 radical (unpaired) electrons. The zero-order valence-electron chi connectivity index (χ0n) is 9.70. The molecular weight excluding hydrogens is 345 g/mol. The Morgan fingerprint density at radius 1 is 1.41 bits per heavy atom. The maximum Gasteiger partial charge on any atom is 0.117 e. The SMILES string of the molecule is CC(C)(Nc1ccc(I)cc1N)c1nccs1. The molecule has 0 saturated carbocycles. The van der Waals surface area contributed by atoms with Crippen molar-refractivity contribution in [1.82, 2.24) is 4.98 Å². The molecule has 0 spiro atoms. The second-order valence-corrected chi connectivity index (χ2v) is 6.46. The van der Waals surface area contributed by atoms with E-state index in [1.165, 1.54) is 0 Å². The normalized spacial score (nSPS) is 11.5. The summed E-state index contributed by atoms with van der Waals surface area (Å²) >= 11 is 3.89. The Bertz CT molecular complexity index is 508. The van der Waals surface area contributed by atoms with Crippen molar-refractivity contribution < 1.29 is 0 Å². The first-order chi connectivity index (χ1) is 7.99. The number of nitrogen functional groups attached to an aromatic ring is 1. The van der Waals surface area contributed by atoms with Crippen LogP contribution in [0.15, 0.2) is 29.8 Å². The first kappa shape index (κ1) is 12.6. The van der Waals surface area contributed by atoms with Crippen LogP contribution in [0.2, 0.25) is 0 Å². The van der Waals surface area contributed by atoms with Crippen LogP contribution < -0.4 is 11.1 Å². The fourth-order valence-corrected chi connectivity index (χ4v) is 2.80. The van der Waals surface area contributed by atoms with Crippen molar-refractivity contribution >= 4 is 45.3 Å².